The summed E-state index contributed by atoms with van der Waals surface area (Å²) in [5, 5.41) is 2.92. The summed E-state index contributed by atoms with van der Waals surface area (Å²) < 4.78 is 13.7. The van der Waals surface area contributed by atoms with Crippen molar-refractivity contribution in [2.45, 2.75) is 12.8 Å². The predicted octanol–water partition coefficient (Wildman–Crippen LogP) is 2.25. The fourth-order valence-corrected chi connectivity index (χ4v) is 2.39. The van der Waals surface area contributed by atoms with Crippen LogP contribution in [0.2, 0.25) is 0 Å². The molecule has 2 aromatic rings. The lowest BCUT2D eigenvalue weighted by molar-refractivity contribution is 0.619. The number of halogens is 1. The van der Waals surface area contributed by atoms with Gasteiger partial charge in [0.15, 0.2) is 11.6 Å². The Balaban J connectivity index is 1.75. The molecular formula is C14H17FN6. The molecular weight excluding hydrogens is 271 g/mol. The lowest BCUT2D eigenvalue weighted by atomic mass is 10.2. The van der Waals surface area contributed by atoms with Crippen LogP contribution in [0, 0.1) is 5.82 Å². The molecule has 0 saturated carbocycles. The summed E-state index contributed by atoms with van der Waals surface area (Å²) in [4.78, 5) is 9.98. The zero-order valence-electron chi connectivity index (χ0n) is 11.5. The second-order valence-corrected chi connectivity index (χ2v) is 4.90. The van der Waals surface area contributed by atoms with Crippen LogP contribution >= 0.6 is 0 Å². The van der Waals surface area contributed by atoms with E-state index in [-0.39, 0.29) is 11.8 Å². The lowest BCUT2D eigenvalue weighted by Crippen LogP contribution is -2.17. The van der Waals surface area contributed by atoms with Gasteiger partial charge in [-0.1, -0.05) is 0 Å². The molecule has 1 aromatic heterocycles. The van der Waals surface area contributed by atoms with Crippen molar-refractivity contribution < 1.29 is 4.39 Å². The molecule has 0 unspecified atom stereocenters. The van der Waals surface area contributed by atoms with Gasteiger partial charge in [0, 0.05) is 24.5 Å². The van der Waals surface area contributed by atoms with Gasteiger partial charge in [-0.2, -0.15) is 4.98 Å². The van der Waals surface area contributed by atoms with Gasteiger partial charge in [0.1, 0.15) is 0 Å². The highest BCUT2D eigenvalue weighted by molar-refractivity contribution is 5.61. The Morgan fingerprint density at radius 2 is 1.86 bits per heavy atom. The minimum atomic E-state index is -0.530. The SMILES string of the molecule is NNc1ncc(F)c(Nc2ccc(N3CCCC3)cc2)n1. The molecule has 6 nitrogen and oxygen atoms in total. The van der Waals surface area contributed by atoms with Gasteiger partial charge >= 0.3 is 0 Å². The van der Waals surface area contributed by atoms with Crippen LogP contribution in [-0.4, -0.2) is 23.1 Å². The van der Waals surface area contributed by atoms with Gasteiger partial charge in [0.2, 0.25) is 5.95 Å². The molecule has 0 aliphatic carbocycles. The van der Waals surface area contributed by atoms with Gasteiger partial charge in [-0.05, 0) is 37.1 Å². The van der Waals surface area contributed by atoms with E-state index < -0.39 is 5.82 Å². The number of nitrogens with one attached hydrogen (secondary N) is 2. The lowest BCUT2D eigenvalue weighted by Gasteiger charge is -2.18. The summed E-state index contributed by atoms with van der Waals surface area (Å²) in [5.74, 6) is 4.94. The molecule has 3 rings (SSSR count). The van der Waals surface area contributed by atoms with E-state index in [1.165, 1.54) is 18.5 Å². The molecule has 1 fully saturated rings. The van der Waals surface area contributed by atoms with Crippen molar-refractivity contribution in [2.24, 2.45) is 5.84 Å². The maximum Gasteiger partial charge on any atom is 0.239 e. The van der Waals surface area contributed by atoms with E-state index in [0.717, 1.165) is 25.0 Å². The summed E-state index contributed by atoms with van der Waals surface area (Å²) in [7, 11) is 0. The Morgan fingerprint density at radius 1 is 1.14 bits per heavy atom. The Hall–Kier alpha value is -2.41. The predicted molar refractivity (Wildman–Crippen MR) is 81.0 cm³/mol. The molecule has 1 aromatic carbocycles. The number of nitrogens with two attached hydrogens (primary N) is 1. The molecule has 1 aliphatic rings. The zero-order chi connectivity index (χ0) is 14.7. The summed E-state index contributed by atoms with van der Waals surface area (Å²) in [6.45, 7) is 2.19. The number of hydrazine groups is 1. The van der Waals surface area contributed by atoms with E-state index in [4.69, 9.17) is 5.84 Å². The van der Waals surface area contributed by atoms with Crippen molar-refractivity contribution in [3.8, 4) is 0 Å². The molecule has 0 bridgehead atoms. The van der Waals surface area contributed by atoms with E-state index in [0.29, 0.717) is 0 Å². The van der Waals surface area contributed by atoms with Gasteiger partial charge < -0.3 is 10.2 Å². The average Bonchev–Trinajstić information content (AvgIpc) is 3.04. The zero-order valence-corrected chi connectivity index (χ0v) is 11.5. The molecule has 7 heteroatoms. The number of rotatable bonds is 4. The third kappa shape index (κ3) is 3.03. The molecule has 1 aliphatic heterocycles. The van der Waals surface area contributed by atoms with Gasteiger partial charge in [-0.3, -0.25) is 5.43 Å². The highest BCUT2D eigenvalue weighted by Gasteiger charge is 2.12. The fraction of sp³-hybridized carbons (Fsp3) is 0.286. The van der Waals surface area contributed by atoms with E-state index in [9.17, 15) is 4.39 Å². The molecule has 110 valence electrons. The van der Waals surface area contributed by atoms with Crippen molar-refractivity contribution in [2.75, 3.05) is 28.7 Å². The van der Waals surface area contributed by atoms with Crippen LogP contribution in [-0.2, 0) is 0 Å². The number of hydrogen-bond donors (Lipinski definition) is 3. The highest BCUT2D eigenvalue weighted by atomic mass is 19.1. The summed E-state index contributed by atoms with van der Waals surface area (Å²) in [5.41, 5.74) is 4.24. The van der Waals surface area contributed by atoms with Crippen LogP contribution in [0.5, 0.6) is 0 Å². The highest BCUT2D eigenvalue weighted by Crippen LogP contribution is 2.24. The molecule has 21 heavy (non-hydrogen) atoms. The first-order chi connectivity index (χ1) is 10.3. The molecule has 0 amide bonds. The minimum Gasteiger partial charge on any atom is -0.372 e. The molecule has 0 radical (unpaired) electrons. The third-order valence-electron chi connectivity index (χ3n) is 3.47. The number of nitrogen functional groups attached to an aromatic ring is 1. The Kier molecular flexibility index (Phi) is 3.83. The Morgan fingerprint density at radius 3 is 2.52 bits per heavy atom. The number of aromatic nitrogens is 2. The van der Waals surface area contributed by atoms with Crippen molar-refractivity contribution in [1.29, 1.82) is 0 Å². The Labute approximate surface area is 122 Å². The molecule has 4 N–H and O–H groups in total. The quantitative estimate of drug-likeness (QED) is 0.591. The summed E-state index contributed by atoms with van der Waals surface area (Å²) >= 11 is 0. The first kappa shape index (κ1) is 13.6. The van der Waals surface area contributed by atoms with Crippen LogP contribution in [0.3, 0.4) is 0 Å². The molecule has 2 heterocycles. The van der Waals surface area contributed by atoms with Crippen molar-refractivity contribution in [1.82, 2.24) is 9.97 Å². The largest absolute Gasteiger partial charge is 0.372 e. The maximum atomic E-state index is 13.7. The van der Waals surface area contributed by atoms with Crippen molar-refractivity contribution >= 4 is 23.1 Å². The Bertz CT molecular complexity index is 609. The molecule has 0 atom stereocenters. The van der Waals surface area contributed by atoms with Gasteiger partial charge in [0.05, 0.1) is 6.20 Å². The van der Waals surface area contributed by atoms with Crippen molar-refractivity contribution in [3.63, 3.8) is 0 Å². The minimum absolute atomic E-state index is 0.0897. The standard InChI is InChI=1S/C14H17FN6/c15-12-9-17-14(20-16)19-13(12)18-10-3-5-11(6-4-10)21-7-1-2-8-21/h3-6,9H,1-2,7-8,16H2,(H2,17,18,19,20). The summed E-state index contributed by atoms with van der Waals surface area (Å²) in [6.07, 6.45) is 3.55. The third-order valence-corrected chi connectivity index (χ3v) is 3.47. The molecule has 0 spiro atoms. The monoisotopic (exact) mass is 288 g/mol. The van der Waals surface area contributed by atoms with Crippen molar-refractivity contribution in [3.05, 3.63) is 36.3 Å². The fourth-order valence-electron chi connectivity index (χ4n) is 2.39. The topological polar surface area (TPSA) is 79.1 Å². The summed E-state index contributed by atoms with van der Waals surface area (Å²) in [6, 6.07) is 7.86. The van der Waals surface area contributed by atoms with Crippen LogP contribution in [0.1, 0.15) is 12.8 Å². The van der Waals surface area contributed by atoms with Crippen LogP contribution < -0.4 is 21.5 Å². The van der Waals surface area contributed by atoms with E-state index >= 15 is 0 Å². The number of nitrogens with zero attached hydrogens (tertiary/aromatic N) is 3. The number of hydrogen-bond acceptors (Lipinski definition) is 6. The maximum absolute atomic E-state index is 13.7. The number of anilines is 4. The smallest absolute Gasteiger partial charge is 0.239 e. The van der Waals surface area contributed by atoms with Gasteiger partial charge in [-0.15, -0.1) is 0 Å². The second-order valence-electron chi connectivity index (χ2n) is 4.90. The van der Waals surface area contributed by atoms with E-state index in [2.05, 4.69) is 25.6 Å². The van der Waals surface area contributed by atoms with Crippen LogP contribution in [0.25, 0.3) is 0 Å². The second kappa shape index (κ2) is 5.92. The molecule has 1 saturated heterocycles. The average molecular weight is 288 g/mol. The first-order valence-electron chi connectivity index (χ1n) is 6.87. The normalized spacial score (nSPS) is 14.3. The van der Waals surface area contributed by atoms with E-state index in [1.54, 1.807) is 0 Å². The number of benzene rings is 1. The van der Waals surface area contributed by atoms with Gasteiger partial charge in [0.25, 0.3) is 0 Å². The van der Waals surface area contributed by atoms with Crippen LogP contribution in [0.4, 0.5) is 27.5 Å². The van der Waals surface area contributed by atoms with Gasteiger partial charge in [-0.25, -0.2) is 15.2 Å². The van der Waals surface area contributed by atoms with Crippen LogP contribution in [0.15, 0.2) is 30.5 Å². The van der Waals surface area contributed by atoms with E-state index in [1.807, 2.05) is 24.3 Å². The first-order valence-corrected chi connectivity index (χ1v) is 6.87.